The standard InChI is InChI=1S/C19H27N3O8/c1-29-13-4-2-12(3-5-13)17(25)16(19(27)28)21-18(26)14(11-23)20-15(24)10-22-6-8-30-9-7-22/h2-5,14,16-17,23,25H,6-11H2,1H3,(H,20,24)(H,21,26)(H,27,28)/t14-,16-,17+/m0/s1. The molecule has 0 radical (unpaired) electrons. The SMILES string of the molecule is COc1ccc([C@@H](O)[C@H](NC(=O)[C@H](CO)NC(=O)CN2CCOCC2)C(=O)O)cc1. The molecule has 0 unspecified atom stereocenters. The van der Waals surface area contributed by atoms with Gasteiger partial charge in [0.2, 0.25) is 11.8 Å². The number of methoxy groups -OCH3 is 1. The Morgan fingerprint density at radius 2 is 1.80 bits per heavy atom. The summed E-state index contributed by atoms with van der Waals surface area (Å²) in [5, 5.41) is 33.9. The molecule has 0 bridgehead atoms. The maximum Gasteiger partial charge on any atom is 0.329 e. The van der Waals surface area contributed by atoms with Crippen LogP contribution in [0.25, 0.3) is 0 Å². The van der Waals surface area contributed by atoms with Gasteiger partial charge in [0.15, 0.2) is 6.04 Å². The number of carboxylic acids is 1. The first-order valence-electron chi connectivity index (χ1n) is 9.41. The summed E-state index contributed by atoms with van der Waals surface area (Å²) in [6.45, 7) is 1.42. The van der Waals surface area contributed by atoms with Gasteiger partial charge in [-0.05, 0) is 17.7 Å². The summed E-state index contributed by atoms with van der Waals surface area (Å²) in [5.41, 5.74) is 0.250. The van der Waals surface area contributed by atoms with E-state index in [2.05, 4.69) is 10.6 Å². The summed E-state index contributed by atoms with van der Waals surface area (Å²) in [7, 11) is 1.47. The number of rotatable bonds is 10. The zero-order chi connectivity index (χ0) is 22.1. The number of carbonyl (C=O) groups is 3. The van der Waals surface area contributed by atoms with E-state index in [0.29, 0.717) is 32.1 Å². The van der Waals surface area contributed by atoms with Crippen molar-refractivity contribution < 1.29 is 39.2 Å². The second-order valence-corrected chi connectivity index (χ2v) is 6.73. The van der Waals surface area contributed by atoms with E-state index in [9.17, 15) is 29.7 Å². The van der Waals surface area contributed by atoms with Gasteiger partial charge in [0.25, 0.3) is 0 Å². The van der Waals surface area contributed by atoms with E-state index in [1.54, 1.807) is 12.1 Å². The smallest absolute Gasteiger partial charge is 0.329 e. The number of carboxylic acid groups (broad SMARTS) is 1. The molecule has 0 aromatic heterocycles. The third kappa shape index (κ3) is 6.66. The molecule has 0 aliphatic carbocycles. The quantitative estimate of drug-likeness (QED) is 0.289. The Balaban J connectivity index is 1.98. The van der Waals surface area contributed by atoms with Gasteiger partial charge in [-0.2, -0.15) is 0 Å². The van der Waals surface area contributed by atoms with Crippen molar-refractivity contribution in [1.29, 1.82) is 0 Å². The van der Waals surface area contributed by atoms with Crippen LogP contribution in [0.4, 0.5) is 0 Å². The Kier molecular flexibility index (Phi) is 8.99. The van der Waals surface area contributed by atoms with Crippen molar-refractivity contribution in [3.8, 4) is 5.75 Å². The van der Waals surface area contributed by atoms with Crippen LogP contribution in [0.3, 0.4) is 0 Å². The zero-order valence-electron chi connectivity index (χ0n) is 16.6. The van der Waals surface area contributed by atoms with Crippen molar-refractivity contribution in [1.82, 2.24) is 15.5 Å². The van der Waals surface area contributed by atoms with Gasteiger partial charge in [0.05, 0.1) is 33.5 Å². The number of amides is 2. The van der Waals surface area contributed by atoms with Gasteiger partial charge in [-0.25, -0.2) is 4.79 Å². The van der Waals surface area contributed by atoms with Crippen LogP contribution in [-0.4, -0.2) is 96.7 Å². The highest BCUT2D eigenvalue weighted by Gasteiger charge is 2.32. The number of aliphatic hydroxyl groups excluding tert-OH is 2. The molecule has 0 spiro atoms. The van der Waals surface area contributed by atoms with Crippen LogP contribution in [0.5, 0.6) is 5.75 Å². The van der Waals surface area contributed by atoms with Gasteiger partial charge in [-0.1, -0.05) is 12.1 Å². The van der Waals surface area contributed by atoms with Crippen molar-refractivity contribution in [2.75, 3.05) is 46.6 Å². The van der Waals surface area contributed by atoms with Crippen LogP contribution in [-0.2, 0) is 19.1 Å². The minimum atomic E-state index is -1.68. The minimum absolute atomic E-state index is 0.0178. The average molecular weight is 425 g/mol. The molecule has 2 rings (SSSR count). The van der Waals surface area contributed by atoms with E-state index in [0.717, 1.165) is 0 Å². The molecule has 1 aliphatic rings. The third-order valence-corrected chi connectivity index (χ3v) is 4.64. The lowest BCUT2D eigenvalue weighted by Crippen LogP contribution is -2.56. The Hall–Kier alpha value is -2.73. The molecular formula is C19H27N3O8. The van der Waals surface area contributed by atoms with Gasteiger partial charge in [-0.3, -0.25) is 14.5 Å². The summed E-state index contributed by atoms with van der Waals surface area (Å²) in [5.74, 6) is -2.37. The molecular weight excluding hydrogens is 398 g/mol. The second-order valence-electron chi connectivity index (χ2n) is 6.73. The molecule has 166 valence electrons. The van der Waals surface area contributed by atoms with Crippen molar-refractivity contribution in [3.63, 3.8) is 0 Å². The molecule has 0 saturated carbocycles. The van der Waals surface area contributed by atoms with Gasteiger partial charge >= 0.3 is 5.97 Å². The fourth-order valence-electron chi connectivity index (χ4n) is 2.92. The van der Waals surface area contributed by atoms with Crippen LogP contribution in [0.15, 0.2) is 24.3 Å². The highest BCUT2D eigenvalue weighted by Crippen LogP contribution is 2.20. The number of hydrogen-bond acceptors (Lipinski definition) is 8. The highest BCUT2D eigenvalue weighted by atomic mass is 16.5. The fraction of sp³-hybridized carbons (Fsp3) is 0.526. The molecule has 2 amide bonds. The maximum absolute atomic E-state index is 12.4. The van der Waals surface area contributed by atoms with Crippen LogP contribution in [0, 0.1) is 0 Å². The predicted molar refractivity (Wildman–Crippen MR) is 104 cm³/mol. The average Bonchev–Trinajstić information content (AvgIpc) is 2.75. The number of aliphatic carboxylic acids is 1. The van der Waals surface area contributed by atoms with E-state index < -0.39 is 42.6 Å². The predicted octanol–water partition coefficient (Wildman–Crippen LogP) is -1.89. The molecule has 1 aromatic carbocycles. The molecule has 1 saturated heterocycles. The number of benzene rings is 1. The van der Waals surface area contributed by atoms with E-state index in [-0.39, 0.29) is 12.1 Å². The molecule has 1 fully saturated rings. The molecule has 1 heterocycles. The molecule has 5 N–H and O–H groups in total. The van der Waals surface area contributed by atoms with Crippen LogP contribution < -0.4 is 15.4 Å². The Morgan fingerprint density at radius 3 is 2.33 bits per heavy atom. The lowest BCUT2D eigenvalue weighted by atomic mass is 10.0. The van der Waals surface area contributed by atoms with Gasteiger partial charge in [0, 0.05) is 13.1 Å². The molecule has 1 aliphatic heterocycles. The maximum atomic E-state index is 12.4. The molecule has 30 heavy (non-hydrogen) atoms. The van der Waals surface area contributed by atoms with E-state index in [1.165, 1.54) is 19.2 Å². The van der Waals surface area contributed by atoms with E-state index >= 15 is 0 Å². The molecule has 1 aromatic rings. The molecule has 11 heteroatoms. The normalized spacial score (nSPS) is 17.4. The molecule has 3 atom stereocenters. The van der Waals surface area contributed by atoms with Crippen LogP contribution >= 0.6 is 0 Å². The summed E-state index contributed by atoms with van der Waals surface area (Å²) in [4.78, 5) is 38.0. The Morgan fingerprint density at radius 1 is 1.17 bits per heavy atom. The van der Waals surface area contributed by atoms with E-state index in [1.807, 2.05) is 4.90 Å². The van der Waals surface area contributed by atoms with Crippen molar-refractivity contribution in [3.05, 3.63) is 29.8 Å². The van der Waals surface area contributed by atoms with Gasteiger partial charge < -0.3 is 35.4 Å². The second kappa shape index (κ2) is 11.5. The largest absolute Gasteiger partial charge is 0.497 e. The third-order valence-electron chi connectivity index (χ3n) is 4.64. The van der Waals surface area contributed by atoms with Crippen LogP contribution in [0.2, 0.25) is 0 Å². The van der Waals surface area contributed by atoms with Gasteiger partial charge in [0.1, 0.15) is 17.9 Å². The highest BCUT2D eigenvalue weighted by molar-refractivity contribution is 5.91. The van der Waals surface area contributed by atoms with E-state index in [4.69, 9.17) is 9.47 Å². The number of aliphatic hydroxyl groups is 2. The minimum Gasteiger partial charge on any atom is -0.497 e. The molecule has 11 nitrogen and oxygen atoms in total. The topological polar surface area (TPSA) is 158 Å². The summed E-state index contributed by atoms with van der Waals surface area (Å²) >= 11 is 0. The van der Waals surface area contributed by atoms with Crippen LogP contribution in [0.1, 0.15) is 11.7 Å². The number of nitrogens with one attached hydrogen (secondary N) is 2. The Bertz CT molecular complexity index is 721. The number of hydrogen-bond donors (Lipinski definition) is 5. The van der Waals surface area contributed by atoms with Crippen molar-refractivity contribution >= 4 is 17.8 Å². The summed E-state index contributed by atoms with van der Waals surface area (Å²) in [6, 6.07) is 2.99. The summed E-state index contributed by atoms with van der Waals surface area (Å²) < 4.78 is 10.2. The number of nitrogens with zero attached hydrogens (tertiary/aromatic N) is 1. The summed E-state index contributed by atoms with van der Waals surface area (Å²) in [6.07, 6.45) is -1.55. The first-order valence-corrected chi connectivity index (χ1v) is 9.41. The number of carbonyl (C=O) groups excluding carboxylic acids is 2. The number of morpholine rings is 1. The lowest BCUT2D eigenvalue weighted by molar-refractivity contribution is -0.146. The fourth-order valence-corrected chi connectivity index (χ4v) is 2.92. The van der Waals surface area contributed by atoms with Crippen molar-refractivity contribution in [2.24, 2.45) is 0 Å². The van der Waals surface area contributed by atoms with Crippen molar-refractivity contribution in [2.45, 2.75) is 18.2 Å². The number of ether oxygens (including phenoxy) is 2. The van der Waals surface area contributed by atoms with Gasteiger partial charge in [-0.15, -0.1) is 0 Å². The first kappa shape index (κ1) is 23.5. The first-order chi connectivity index (χ1) is 14.3. The zero-order valence-corrected chi connectivity index (χ0v) is 16.6. The Labute approximate surface area is 173 Å². The monoisotopic (exact) mass is 425 g/mol. The lowest BCUT2D eigenvalue weighted by Gasteiger charge is -2.27.